The molecule has 6 heteroatoms. The lowest BCUT2D eigenvalue weighted by Crippen LogP contribution is -2.38. The number of nitrogens with zero attached hydrogens (tertiary/aromatic N) is 2. The molecule has 0 saturated carbocycles. The standard InChI is InChI=1S/C24H31FN4O/c25-22-6-8-23(9-7-22)29-13-10-21(18-29)16-27-24(30)26-15-19-4-3-5-20(14-19)17-28-11-1-2-12-28/h3-9,14,21H,1-2,10-13,15-18H2,(H2,26,27,30). The predicted octanol–water partition coefficient (Wildman–Crippen LogP) is 3.75. The first-order valence-corrected chi connectivity index (χ1v) is 11.0. The first-order chi connectivity index (χ1) is 14.7. The second-order valence-corrected chi connectivity index (χ2v) is 8.44. The van der Waals surface area contributed by atoms with E-state index in [1.54, 1.807) is 0 Å². The molecule has 0 aliphatic carbocycles. The van der Waals surface area contributed by atoms with E-state index in [0.29, 0.717) is 19.0 Å². The van der Waals surface area contributed by atoms with Crippen LogP contribution in [-0.2, 0) is 13.1 Å². The lowest BCUT2D eigenvalue weighted by Gasteiger charge is -2.19. The lowest BCUT2D eigenvalue weighted by molar-refractivity contribution is 0.239. The van der Waals surface area contributed by atoms with Gasteiger partial charge in [-0.1, -0.05) is 24.3 Å². The number of likely N-dealkylation sites (tertiary alicyclic amines) is 1. The number of hydrogen-bond acceptors (Lipinski definition) is 3. The Hall–Kier alpha value is -2.60. The molecule has 2 aliphatic rings. The molecule has 2 saturated heterocycles. The number of anilines is 1. The Morgan fingerprint density at radius 1 is 1.00 bits per heavy atom. The number of carbonyl (C=O) groups excluding carboxylic acids is 1. The van der Waals surface area contributed by atoms with Crippen LogP contribution in [0.25, 0.3) is 0 Å². The van der Waals surface area contributed by atoms with Gasteiger partial charge in [0.05, 0.1) is 0 Å². The summed E-state index contributed by atoms with van der Waals surface area (Å²) in [5.74, 6) is 0.194. The maximum atomic E-state index is 13.1. The van der Waals surface area contributed by atoms with E-state index in [9.17, 15) is 9.18 Å². The highest BCUT2D eigenvalue weighted by Crippen LogP contribution is 2.23. The van der Waals surface area contributed by atoms with E-state index in [1.807, 2.05) is 12.1 Å². The maximum absolute atomic E-state index is 13.1. The van der Waals surface area contributed by atoms with E-state index in [4.69, 9.17) is 0 Å². The third kappa shape index (κ3) is 5.72. The predicted molar refractivity (Wildman–Crippen MR) is 118 cm³/mol. The molecular weight excluding hydrogens is 379 g/mol. The third-order valence-corrected chi connectivity index (χ3v) is 6.08. The summed E-state index contributed by atoms with van der Waals surface area (Å²) in [6, 6.07) is 15.0. The highest BCUT2D eigenvalue weighted by molar-refractivity contribution is 5.73. The van der Waals surface area contributed by atoms with E-state index in [2.05, 4.69) is 44.7 Å². The van der Waals surface area contributed by atoms with E-state index >= 15 is 0 Å². The average Bonchev–Trinajstić information content (AvgIpc) is 3.44. The van der Waals surface area contributed by atoms with E-state index in [1.165, 1.54) is 43.6 Å². The van der Waals surface area contributed by atoms with Crippen molar-refractivity contribution in [1.29, 1.82) is 0 Å². The van der Waals surface area contributed by atoms with Crippen molar-refractivity contribution in [2.45, 2.75) is 32.4 Å². The normalized spacial score (nSPS) is 19.2. The van der Waals surface area contributed by atoms with Gasteiger partial charge in [0.2, 0.25) is 0 Å². The van der Waals surface area contributed by atoms with Crippen molar-refractivity contribution < 1.29 is 9.18 Å². The Kier molecular flexibility index (Phi) is 6.84. The topological polar surface area (TPSA) is 47.6 Å². The second-order valence-electron chi connectivity index (χ2n) is 8.44. The SMILES string of the molecule is O=C(NCc1cccc(CN2CCCC2)c1)NCC1CCN(c2ccc(F)cc2)C1. The fraction of sp³-hybridized carbons (Fsp3) is 0.458. The number of rotatable bonds is 7. The minimum atomic E-state index is -0.214. The molecule has 2 aliphatic heterocycles. The Morgan fingerprint density at radius 3 is 2.57 bits per heavy atom. The zero-order valence-corrected chi connectivity index (χ0v) is 17.4. The number of benzene rings is 2. The number of carbonyl (C=O) groups is 1. The zero-order chi connectivity index (χ0) is 20.8. The highest BCUT2D eigenvalue weighted by atomic mass is 19.1. The molecule has 2 N–H and O–H groups in total. The maximum Gasteiger partial charge on any atom is 0.315 e. The van der Waals surface area contributed by atoms with Crippen LogP contribution in [0.4, 0.5) is 14.9 Å². The molecule has 1 atom stereocenters. The van der Waals surface area contributed by atoms with Gasteiger partial charge >= 0.3 is 6.03 Å². The number of halogens is 1. The van der Waals surface area contributed by atoms with Gasteiger partial charge in [0.1, 0.15) is 5.82 Å². The van der Waals surface area contributed by atoms with Crippen LogP contribution < -0.4 is 15.5 Å². The molecule has 2 fully saturated rings. The van der Waals surface area contributed by atoms with Crippen molar-refractivity contribution >= 4 is 11.7 Å². The van der Waals surface area contributed by atoms with Crippen LogP contribution in [0, 0.1) is 11.7 Å². The Balaban J connectivity index is 1.18. The summed E-state index contributed by atoms with van der Waals surface area (Å²) in [6.07, 6.45) is 3.62. The molecule has 0 aromatic heterocycles. The summed E-state index contributed by atoms with van der Waals surface area (Å²) in [5.41, 5.74) is 3.48. The van der Waals surface area contributed by atoms with Crippen molar-refractivity contribution in [3.63, 3.8) is 0 Å². The largest absolute Gasteiger partial charge is 0.371 e. The Morgan fingerprint density at radius 2 is 1.77 bits per heavy atom. The molecule has 2 aromatic carbocycles. The van der Waals surface area contributed by atoms with Crippen LogP contribution in [0.5, 0.6) is 0 Å². The minimum absolute atomic E-state index is 0.125. The molecule has 0 spiro atoms. The highest BCUT2D eigenvalue weighted by Gasteiger charge is 2.23. The summed E-state index contributed by atoms with van der Waals surface area (Å²) in [4.78, 5) is 17.0. The van der Waals surface area contributed by atoms with Gasteiger partial charge in [-0.15, -0.1) is 0 Å². The van der Waals surface area contributed by atoms with Crippen LogP contribution in [0.1, 0.15) is 30.4 Å². The summed E-state index contributed by atoms with van der Waals surface area (Å²) in [6.45, 7) is 6.36. The molecule has 0 radical (unpaired) electrons. The molecule has 2 heterocycles. The quantitative estimate of drug-likeness (QED) is 0.731. The molecule has 30 heavy (non-hydrogen) atoms. The smallest absolute Gasteiger partial charge is 0.315 e. The summed E-state index contributed by atoms with van der Waals surface area (Å²) in [5, 5.41) is 5.98. The van der Waals surface area contributed by atoms with E-state index in [0.717, 1.165) is 37.3 Å². The van der Waals surface area contributed by atoms with Gasteiger partial charge in [-0.05, 0) is 73.7 Å². The van der Waals surface area contributed by atoms with Crippen molar-refractivity contribution in [2.75, 3.05) is 37.6 Å². The number of amides is 2. The number of nitrogens with one attached hydrogen (secondary N) is 2. The molecule has 0 bridgehead atoms. The third-order valence-electron chi connectivity index (χ3n) is 6.08. The van der Waals surface area contributed by atoms with Crippen molar-refractivity contribution in [3.8, 4) is 0 Å². The summed E-state index contributed by atoms with van der Waals surface area (Å²) >= 11 is 0. The fourth-order valence-corrected chi connectivity index (χ4v) is 4.40. The van der Waals surface area contributed by atoms with E-state index < -0.39 is 0 Å². The summed E-state index contributed by atoms with van der Waals surface area (Å²) < 4.78 is 13.1. The van der Waals surface area contributed by atoms with Crippen molar-refractivity contribution in [2.24, 2.45) is 5.92 Å². The van der Waals surface area contributed by atoms with Crippen LogP contribution in [-0.4, -0.2) is 43.7 Å². The first-order valence-electron chi connectivity index (χ1n) is 11.0. The van der Waals surface area contributed by atoms with Gasteiger partial charge in [0, 0.05) is 38.4 Å². The molecule has 4 rings (SSSR count). The van der Waals surface area contributed by atoms with Crippen LogP contribution in [0.2, 0.25) is 0 Å². The van der Waals surface area contributed by atoms with Crippen LogP contribution >= 0.6 is 0 Å². The zero-order valence-electron chi connectivity index (χ0n) is 17.4. The van der Waals surface area contributed by atoms with Gasteiger partial charge in [0.15, 0.2) is 0 Å². The lowest BCUT2D eigenvalue weighted by atomic mass is 10.1. The first kappa shape index (κ1) is 20.7. The molecule has 2 aromatic rings. The van der Waals surface area contributed by atoms with Gasteiger partial charge in [-0.25, -0.2) is 9.18 Å². The van der Waals surface area contributed by atoms with Crippen LogP contribution in [0.15, 0.2) is 48.5 Å². The average molecular weight is 411 g/mol. The van der Waals surface area contributed by atoms with E-state index in [-0.39, 0.29) is 11.8 Å². The van der Waals surface area contributed by atoms with Gasteiger partial charge in [-0.2, -0.15) is 0 Å². The second kappa shape index (κ2) is 9.94. The van der Waals surface area contributed by atoms with Gasteiger partial charge in [-0.3, -0.25) is 4.90 Å². The van der Waals surface area contributed by atoms with Gasteiger partial charge in [0.25, 0.3) is 0 Å². The van der Waals surface area contributed by atoms with Crippen molar-refractivity contribution in [3.05, 3.63) is 65.5 Å². The van der Waals surface area contributed by atoms with Gasteiger partial charge < -0.3 is 15.5 Å². The molecular formula is C24H31FN4O. The number of urea groups is 1. The fourth-order valence-electron chi connectivity index (χ4n) is 4.40. The molecule has 1 unspecified atom stereocenters. The Labute approximate surface area is 178 Å². The molecule has 5 nitrogen and oxygen atoms in total. The van der Waals surface area contributed by atoms with Crippen molar-refractivity contribution in [1.82, 2.24) is 15.5 Å². The summed E-state index contributed by atoms with van der Waals surface area (Å²) in [7, 11) is 0. The minimum Gasteiger partial charge on any atom is -0.371 e. The number of hydrogen-bond donors (Lipinski definition) is 2. The van der Waals surface area contributed by atoms with Crippen LogP contribution in [0.3, 0.4) is 0 Å². The molecule has 160 valence electrons. The molecule has 2 amide bonds. The Bertz CT molecular complexity index is 835. The monoisotopic (exact) mass is 410 g/mol.